The predicted molar refractivity (Wildman–Crippen MR) is 50.1 cm³/mol. The molecule has 0 N–H and O–H groups in total. The highest BCUT2D eigenvalue weighted by Gasteiger charge is 2.20. The van der Waals surface area contributed by atoms with Gasteiger partial charge in [-0.15, -0.1) is 0 Å². The van der Waals surface area contributed by atoms with E-state index in [1.54, 1.807) is 0 Å². The summed E-state index contributed by atoms with van der Waals surface area (Å²) >= 11 is 0. The Kier molecular flexibility index (Phi) is 17.3. The quantitative estimate of drug-likeness (QED) is 0.385. The van der Waals surface area contributed by atoms with Crippen LogP contribution < -0.4 is 0 Å². The molecule has 0 amide bonds. The zero-order valence-electron chi connectivity index (χ0n) is 10.3. The molecule has 1 heterocycles. The second-order valence-corrected chi connectivity index (χ2v) is 2.67. The summed E-state index contributed by atoms with van der Waals surface area (Å²) in [6.07, 6.45) is -17.5. The molecular weight excluding hydrogens is 371 g/mol. The number of alkyl halides is 1. The fourth-order valence-corrected chi connectivity index (χ4v) is 0.157. The highest BCUT2D eigenvalue weighted by molar-refractivity contribution is 4.78. The Morgan fingerprint density at radius 1 is 0.565 bits per heavy atom. The van der Waals surface area contributed by atoms with E-state index >= 15 is 0 Å². The molecule has 23 heavy (non-hydrogen) atoms. The first-order valence-electron chi connectivity index (χ1n) is 4.63. The molecule has 1 atom stereocenters. The molecule has 1 fully saturated rings. The second kappa shape index (κ2) is 15.2. The maximum absolute atomic E-state index is 11.1. The minimum Gasteiger partial charge on any atom is -0.370 e. The Morgan fingerprint density at radius 3 is 0.739 bits per heavy atom. The average Bonchev–Trinajstić information content (AvgIpc) is 3.24. The molecule has 1 aliphatic heterocycles. The predicted octanol–water partition coefficient (Wildman–Crippen LogP) is 6.33. The lowest BCUT2D eigenvalue weighted by Crippen LogP contribution is -1.81. The number of hydrogen-bond acceptors (Lipinski definition) is 1. The average molecular weight is 376 g/mol. The summed E-state index contributed by atoms with van der Waals surface area (Å²) in [5.74, 6) is 0. The van der Waals surface area contributed by atoms with Crippen molar-refractivity contribution >= 4 is 0 Å². The van der Waals surface area contributed by atoms with E-state index in [9.17, 15) is 57.1 Å². The van der Waals surface area contributed by atoms with Crippen molar-refractivity contribution in [2.75, 3.05) is 13.3 Å². The van der Waals surface area contributed by atoms with Crippen molar-refractivity contribution in [3.05, 3.63) is 36.5 Å². The zero-order chi connectivity index (χ0) is 19.2. The van der Waals surface area contributed by atoms with Crippen LogP contribution in [0.5, 0.6) is 0 Å². The number of hydrogen-bond donors (Lipinski definition) is 0. The van der Waals surface area contributed by atoms with Gasteiger partial charge in [0.1, 0.15) is 12.8 Å². The zero-order valence-corrected chi connectivity index (χ0v) is 10.3. The molecule has 1 unspecified atom stereocenters. The minimum atomic E-state index is -2.91. The van der Waals surface area contributed by atoms with Crippen molar-refractivity contribution < 1.29 is 61.8 Å². The van der Waals surface area contributed by atoms with Crippen molar-refractivity contribution in [3.63, 3.8) is 0 Å². The van der Waals surface area contributed by atoms with Crippen molar-refractivity contribution in [3.8, 4) is 0 Å². The molecule has 0 spiro atoms. The van der Waals surface area contributed by atoms with E-state index in [2.05, 4.69) is 4.74 Å². The van der Waals surface area contributed by atoms with Gasteiger partial charge in [-0.1, -0.05) is 0 Å². The van der Waals surface area contributed by atoms with Gasteiger partial charge in [0.15, 0.2) is 0 Å². The summed E-state index contributed by atoms with van der Waals surface area (Å²) < 4.78 is 139. The molecule has 0 aromatic heterocycles. The van der Waals surface area contributed by atoms with Crippen LogP contribution >= 0.6 is 0 Å². The van der Waals surface area contributed by atoms with Crippen molar-refractivity contribution in [2.45, 2.75) is 6.10 Å². The van der Waals surface area contributed by atoms with Gasteiger partial charge in [-0.25, -0.2) is 4.39 Å². The number of epoxide rings is 1. The lowest BCUT2D eigenvalue weighted by Gasteiger charge is -1.69. The summed E-state index contributed by atoms with van der Waals surface area (Å²) in [5, 5.41) is 0. The Labute approximate surface area is 119 Å². The van der Waals surface area contributed by atoms with Crippen LogP contribution in [0.25, 0.3) is 0 Å². The van der Waals surface area contributed by atoms with E-state index in [1.165, 1.54) is 0 Å². The summed E-state index contributed by atoms with van der Waals surface area (Å²) in [6.45, 7) is 0.330. The highest BCUT2D eigenvalue weighted by Crippen LogP contribution is 2.09. The van der Waals surface area contributed by atoms with E-state index in [4.69, 9.17) is 0 Å². The fourth-order valence-electron chi connectivity index (χ4n) is 0.157. The van der Waals surface area contributed by atoms with E-state index in [-0.39, 0.29) is 12.8 Å². The molecule has 1 nitrogen and oxygen atoms in total. The van der Waals surface area contributed by atoms with Crippen LogP contribution in [-0.4, -0.2) is 19.4 Å². The van der Waals surface area contributed by atoms with Crippen molar-refractivity contribution in [2.24, 2.45) is 0 Å². The third-order valence-corrected chi connectivity index (χ3v) is 1.00. The molecule has 14 heteroatoms. The SMILES string of the molecule is FC(F)=C(F)F.FC(F)=C(F)F.FC(F)=C(F)F.FCC1CO1. The molecule has 0 saturated carbocycles. The van der Waals surface area contributed by atoms with Gasteiger partial charge in [0.2, 0.25) is 0 Å². The van der Waals surface area contributed by atoms with Gasteiger partial charge in [0, 0.05) is 0 Å². The Morgan fingerprint density at radius 2 is 0.739 bits per heavy atom. The molecule has 0 aliphatic carbocycles. The van der Waals surface area contributed by atoms with Crippen LogP contribution in [0, 0.1) is 0 Å². The maximum atomic E-state index is 11.1. The molecule has 138 valence electrons. The molecule has 0 aromatic carbocycles. The van der Waals surface area contributed by atoms with Crippen LogP contribution in [0.15, 0.2) is 36.5 Å². The Bertz CT molecular complexity index is 305. The minimum absolute atomic E-state index is 0.0324. The monoisotopic (exact) mass is 376 g/mol. The number of ether oxygens (including phenoxy) is 1. The van der Waals surface area contributed by atoms with Gasteiger partial charge in [-0.3, -0.25) is 0 Å². The van der Waals surface area contributed by atoms with Crippen LogP contribution in [0.2, 0.25) is 0 Å². The fraction of sp³-hybridized carbons (Fsp3) is 0.333. The molecular formula is C9H5F13O. The second-order valence-electron chi connectivity index (χ2n) is 2.67. The first-order valence-corrected chi connectivity index (χ1v) is 4.63. The van der Waals surface area contributed by atoms with Gasteiger partial charge in [0.25, 0.3) is 0 Å². The summed E-state index contributed by atoms with van der Waals surface area (Å²) in [4.78, 5) is 0. The number of rotatable bonds is 1. The Balaban J connectivity index is -0.000000232. The van der Waals surface area contributed by atoms with E-state index in [0.717, 1.165) is 0 Å². The highest BCUT2D eigenvalue weighted by atomic mass is 19.3. The van der Waals surface area contributed by atoms with Crippen molar-refractivity contribution in [1.82, 2.24) is 0 Å². The topological polar surface area (TPSA) is 12.5 Å². The number of halogens is 13. The summed E-state index contributed by atoms with van der Waals surface area (Å²) in [5.41, 5.74) is 0. The smallest absolute Gasteiger partial charge is 0.334 e. The molecule has 0 aromatic rings. The third-order valence-electron chi connectivity index (χ3n) is 1.00. The van der Waals surface area contributed by atoms with Crippen LogP contribution in [0.1, 0.15) is 0 Å². The van der Waals surface area contributed by atoms with Crippen LogP contribution in [0.3, 0.4) is 0 Å². The third kappa shape index (κ3) is 29.0. The standard InChI is InChI=1S/C3H5FO.3C2F4/c4-1-3-2-5-3;3*3-1(4)2(5)6/h3H,1-2H2;;;. The van der Waals surface area contributed by atoms with E-state index in [1.807, 2.05) is 0 Å². The van der Waals surface area contributed by atoms with Crippen LogP contribution in [-0.2, 0) is 4.74 Å². The lowest BCUT2D eigenvalue weighted by atomic mass is 10.6. The molecule has 0 radical (unpaired) electrons. The summed E-state index contributed by atoms with van der Waals surface area (Å²) in [7, 11) is 0. The first-order chi connectivity index (χ1) is 10.4. The van der Waals surface area contributed by atoms with E-state index < -0.39 is 36.5 Å². The molecule has 1 aliphatic rings. The Hall–Kier alpha value is -1.73. The van der Waals surface area contributed by atoms with Crippen LogP contribution in [0.4, 0.5) is 57.1 Å². The lowest BCUT2D eigenvalue weighted by molar-refractivity contribution is 0.308. The van der Waals surface area contributed by atoms with Gasteiger partial charge in [-0.05, 0) is 0 Å². The van der Waals surface area contributed by atoms with Gasteiger partial charge in [0.05, 0.1) is 6.61 Å². The molecule has 0 bridgehead atoms. The largest absolute Gasteiger partial charge is 0.370 e. The first kappa shape index (κ1) is 26.2. The van der Waals surface area contributed by atoms with Gasteiger partial charge < -0.3 is 4.74 Å². The molecule has 1 rings (SSSR count). The molecule has 1 saturated heterocycles. The van der Waals surface area contributed by atoms with Crippen molar-refractivity contribution in [1.29, 1.82) is 0 Å². The van der Waals surface area contributed by atoms with E-state index in [0.29, 0.717) is 6.61 Å². The maximum Gasteiger partial charge on any atom is 0.334 e. The van der Waals surface area contributed by atoms with Gasteiger partial charge >= 0.3 is 36.5 Å². The normalized spacial score (nSPS) is 13.7. The summed E-state index contributed by atoms with van der Waals surface area (Å²) in [6, 6.07) is 0. The van der Waals surface area contributed by atoms with Gasteiger partial charge in [-0.2, -0.15) is 52.7 Å².